The van der Waals surface area contributed by atoms with Crippen molar-refractivity contribution >= 4 is 23.2 Å². The Kier molecular flexibility index (Phi) is 5.56. The van der Waals surface area contributed by atoms with Crippen LogP contribution in [0.25, 0.3) is 0 Å². The third kappa shape index (κ3) is 3.74. The quantitative estimate of drug-likeness (QED) is 0.823. The SMILES string of the molecule is CCc1cccc(NC(=O)c2ccc3c(c2)N(CC)[C@@H]2CCCCCN2C3=O)c1. The molecule has 5 nitrogen and oxygen atoms in total. The van der Waals surface area contributed by atoms with E-state index in [1.165, 1.54) is 12.0 Å². The molecular weight excluding hydrogens is 362 g/mol. The fourth-order valence-corrected chi connectivity index (χ4v) is 4.51. The fourth-order valence-electron chi connectivity index (χ4n) is 4.51. The maximum atomic E-state index is 13.1. The minimum atomic E-state index is -0.146. The van der Waals surface area contributed by atoms with Crippen LogP contribution in [0.3, 0.4) is 0 Å². The number of hydrogen-bond acceptors (Lipinski definition) is 3. The van der Waals surface area contributed by atoms with Gasteiger partial charge < -0.3 is 15.1 Å². The topological polar surface area (TPSA) is 52.7 Å². The summed E-state index contributed by atoms with van der Waals surface area (Å²) in [5, 5.41) is 3.00. The average Bonchev–Trinajstić information content (AvgIpc) is 3.00. The second-order valence-electron chi connectivity index (χ2n) is 7.85. The van der Waals surface area contributed by atoms with Gasteiger partial charge in [-0.3, -0.25) is 9.59 Å². The summed E-state index contributed by atoms with van der Waals surface area (Å²) in [7, 11) is 0. The third-order valence-electron chi connectivity index (χ3n) is 6.08. The lowest BCUT2D eigenvalue weighted by molar-refractivity contribution is 0.0656. The number of nitrogens with one attached hydrogen (secondary N) is 1. The standard InChI is InChI=1S/C24H29N3O2/c1-3-17-9-8-10-19(15-17)25-23(28)18-12-13-20-21(16-18)26(4-2)22-11-6-5-7-14-27(22)24(20)29/h8-10,12-13,15-16,22H,3-7,11,14H2,1-2H3,(H,25,28)/t22-/m0/s1. The van der Waals surface area contributed by atoms with Gasteiger partial charge >= 0.3 is 0 Å². The highest BCUT2D eigenvalue weighted by molar-refractivity contribution is 6.08. The van der Waals surface area contributed by atoms with Gasteiger partial charge in [-0.1, -0.05) is 25.5 Å². The van der Waals surface area contributed by atoms with E-state index in [9.17, 15) is 9.59 Å². The smallest absolute Gasteiger partial charge is 0.257 e. The molecule has 0 aromatic heterocycles. The van der Waals surface area contributed by atoms with Crippen molar-refractivity contribution in [3.63, 3.8) is 0 Å². The van der Waals surface area contributed by atoms with Crippen molar-refractivity contribution in [1.29, 1.82) is 0 Å². The van der Waals surface area contributed by atoms with Gasteiger partial charge in [0.05, 0.1) is 11.3 Å². The van der Waals surface area contributed by atoms with Crippen LogP contribution in [-0.4, -0.2) is 36.0 Å². The van der Waals surface area contributed by atoms with Crippen molar-refractivity contribution in [3.8, 4) is 0 Å². The van der Waals surface area contributed by atoms with E-state index in [4.69, 9.17) is 0 Å². The lowest BCUT2D eigenvalue weighted by Gasteiger charge is -2.44. The number of nitrogens with zero attached hydrogens (tertiary/aromatic N) is 2. The fraction of sp³-hybridized carbons (Fsp3) is 0.417. The summed E-state index contributed by atoms with van der Waals surface area (Å²) in [4.78, 5) is 30.3. The van der Waals surface area contributed by atoms with E-state index in [2.05, 4.69) is 30.1 Å². The number of carbonyl (C=O) groups excluding carboxylic acids is 2. The van der Waals surface area contributed by atoms with E-state index in [1.54, 1.807) is 6.07 Å². The Morgan fingerprint density at radius 3 is 2.76 bits per heavy atom. The van der Waals surface area contributed by atoms with E-state index in [0.29, 0.717) is 11.1 Å². The van der Waals surface area contributed by atoms with Gasteiger partial charge in [-0.05, 0) is 68.5 Å². The molecule has 5 heteroatoms. The van der Waals surface area contributed by atoms with E-state index >= 15 is 0 Å². The highest BCUT2D eigenvalue weighted by Gasteiger charge is 2.37. The molecule has 2 aliphatic heterocycles. The van der Waals surface area contributed by atoms with Gasteiger partial charge in [0.15, 0.2) is 0 Å². The molecule has 1 fully saturated rings. The van der Waals surface area contributed by atoms with Crippen LogP contribution in [0.2, 0.25) is 0 Å². The number of benzene rings is 2. The Hall–Kier alpha value is -2.82. The van der Waals surface area contributed by atoms with Gasteiger partial charge in [-0.2, -0.15) is 0 Å². The van der Waals surface area contributed by atoms with Crippen molar-refractivity contribution in [2.24, 2.45) is 0 Å². The molecule has 29 heavy (non-hydrogen) atoms. The Morgan fingerprint density at radius 1 is 1.10 bits per heavy atom. The number of aryl methyl sites for hydroxylation is 1. The molecule has 0 bridgehead atoms. The maximum absolute atomic E-state index is 13.1. The van der Waals surface area contributed by atoms with Crippen LogP contribution in [0.15, 0.2) is 42.5 Å². The predicted octanol–water partition coefficient (Wildman–Crippen LogP) is 4.68. The zero-order chi connectivity index (χ0) is 20.4. The van der Waals surface area contributed by atoms with Gasteiger partial charge in [0.1, 0.15) is 6.17 Å². The molecule has 4 rings (SSSR count). The molecule has 0 spiro atoms. The summed E-state index contributed by atoms with van der Waals surface area (Å²) in [6.07, 6.45) is 5.37. The van der Waals surface area contributed by atoms with Crippen molar-refractivity contribution in [3.05, 3.63) is 59.2 Å². The van der Waals surface area contributed by atoms with Gasteiger partial charge in [-0.25, -0.2) is 0 Å². The van der Waals surface area contributed by atoms with Crippen molar-refractivity contribution in [1.82, 2.24) is 4.90 Å². The molecule has 2 amide bonds. The normalized spacial score (nSPS) is 18.7. The highest BCUT2D eigenvalue weighted by Crippen LogP contribution is 2.35. The number of hydrogen-bond donors (Lipinski definition) is 1. The van der Waals surface area contributed by atoms with Crippen LogP contribution in [0, 0.1) is 0 Å². The molecule has 2 aromatic rings. The maximum Gasteiger partial charge on any atom is 0.257 e. The van der Waals surface area contributed by atoms with Crippen LogP contribution < -0.4 is 10.2 Å². The minimum Gasteiger partial charge on any atom is -0.351 e. The molecular formula is C24H29N3O2. The number of carbonyl (C=O) groups is 2. The Balaban J connectivity index is 1.64. The second-order valence-corrected chi connectivity index (χ2v) is 7.85. The lowest BCUT2D eigenvalue weighted by atomic mass is 10.0. The lowest BCUT2D eigenvalue weighted by Crippen LogP contribution is -2.55. The van der Waals surface area contributed by atoms with Gasteiger partial charge in [-0.15, -0.1) is 0 Å². The summed E-state index contributed by atoms with van der Waals surface area (Å²) in [5.41, 5.74) is 4.15. The number of anilines is 2. The van der Waals surface area contributed by atoms with Crippen LogP contribution in [0.5, 0.6) is 0 Å². The zero-order valence-electron chi connectivity index (χ0n) is 17.3. The summed E-state index contributed by atoms with van der Waals surface area (Å²) >= 11 is 0. The highest BCUT2D eigenvalue weighted by atomic mass is 16.2. The molecule has 2 aliphatic rings. The van der Waals surface area contributed by atoms with Crippen LogP contribution in [0.1, 0.15) is 65.8 Å². The van der Waals surface area contributed by atoms with E-state index in [-0.39, 0.29) is 18.0 Å². The molecule has 0 saturated carbocycles. The first-order chi connectivity index (χ1) is 14.1. The van der Waals surface area contributed by atoms with Crippen LogP contribution in [0.4, 0.5) is 11.4 Å². The number of rotatable bonds is 4. The molecule has 0 unspecified atom stereocenters. The van der Waals surface area contributed by atoms with Crippen molar-refractivity contribution in [2.75, 3.05) is 23.3 Å². The van der Waals surface area contributed by atoms with Crippen molar-refractivity contribution < 1.29 is 9.59 Å². The number of fused-ring (bicyclic) bond motifs is 2. The molecule has 1 N–H and O–H groups in total. The first-order valence-corrected chi connectivity index (χ1v) is 10.7. The Bertz CT molecular complexity index is 924. The largest absolute Gasteiger partial charge is 0.351 e. The molecule has 2 aromatic carbocycles. The Labute approximate surface area is 172 Å². The van der Waals surface area contributed by atoms with Crippen LogP contribution >= 0.6 is 0 Å². The Morgan fingerprint density at radius 2 is 1.97 bits per heavy atom. The molecule has 1 atom stereocenters. The second kappa shape index (κ2) is 8.27. The molecule has 152 valence electrons. The minimum absolute atomic E-state index is 0.0965. The predicted molar refractivity (Wildman–Crippen MR) is 117 cm³/mol. The summed E-state index contributed by atoms with van der Waals surface area (Å²) in [5.74, 6) is -0.0490. The van der Waals surface area contributed by atoms with E-state index in [1.807, 2.05) is 35.2 Å². The zero-order valence-corrected chi connectivity index (χ0v) is 17.3. The summed E-state index contributed by atoms with van der Waals surface area (Å²) in [6, 6.07) is 13.4. The van der Waals surface area contributed by atoms with Crippen LogP contribution in [-0.2, 0) is 6.42 Å². The van der Waals surface area contributed by atoms with Crippen molar-refractivity contribution in [2.45, 2.75) is 52.1 Å². The summed E-state index contributed by atoms with van der Waals surface area (Å²) < 4.78 is 0. The van der Waals surface area contributed by atoms with Gasteiger partial charge in [0.2, 0.25) is 0 Å². The summed E-state index contributed by atoms with van der Waals surface area (Å²) in [6.45, 7) is 5.84. The molecule has 0 aliphatic carbocycles. The first kappa shape index (κ1) is 19.5. The monoisotopic (exact) mass is 391 g/mol. The average molecular weight is 392 g/mol. The van der Waals surface area contributed by atoms with E-state index in [0.717, 1.165) is 50.1 Å². The van der Waals surface area contributed by atoms with Gasteiger partial charge in [0, 0.05) is 24.3 Å². The molecule has 1 saturated heterocycles. The van der Waals surface area contributed by atoms with Gasteiger partial charge in [0.25, 0.3) is 11.8 Å². The van der Waals surface area contributed by atoms with E-state index < -0.39 is 0 Å². The first-order valence-electron chi connectivity index (χ1n) is 10.7. The molecule has 2 heterocycles. The third-order valence-corrected chi connectivity index (χ3v) is 6.08. The number of amides is 2. The molecule has 0 radical (unpaired) electrons.